The van der Waals surface area contributed by atoms with Gasteiger partial charge in [-0.3, -0.25) is 4.98 Å². The molecule has 2 aliphatic rings. The van der Waals surface area contributed by atoms with Crippen molar-refractivity contribution in [3.8, 4) is 0 Å². The zero-order valence-electron chi connectivity index (χ0n) is 7.01. The summed E-state index contributed by atoms with van der Waals surface area (Å²) < 4.78 is 0. The number of nitrogens with zero attached hydrogens (tertiary/aromatic N) is 1. The normalized spacial score (nSPS) is 20.3. The Hall–Kier alpha value is -1.05. The number of hydrogen-bond acceptors (Lipinski definition) is 2. The Kier molecular flexibility index (Phi) is 1.20. The van der Waals surface area contributed by atoms with Gasteiger partial charge in [0.25, 0.3) is 0 Å². The van der Waals surface area contributed by atoms with E-state index in [1.807, 2.05) is 0 Å². The minimum Gasteiger partial charge on any atom is -0.383 e. The highest BCUT2D eigenvalue weighted by molar-refractivity contribution is 5.54. The number of pyridine rings is 1. The van der Waals surface area contributed by atoms with E-state index in [1.54, 1.807) is 0 Å². The number of rotatable bonds is 1. The highest BCUT2D eigenvalue weighted by atomic mass is 14.9. The summed E-state index contributed by atoms with van der Waals surface area (Å²) in [5.74, 6) is 0.824. The molecular formula is C10H12N2. The largest absolute Gasteiger partial charge is 0.383 e. The molecule has 1 fully saturated rings. The quantitative estimate of drug-likeness (QED) is 0.679. The van der Waals surface area contributed by atoms with Gasteiger partial charge in [0.1, 0.15) is 0 Å². The van der Waals surface area contributed by atoms with Crippen molar-refractivity contribution in [2.24, 2.45) is 0 Å². The third-order valence-electron chi connectivity index (χ3n) is 2.72. The minimum atomic E-state index is 0.824. The van der Waals surface area contributed by atoms with Crippen LogP contribution in [-0.2, 0) is 6.42 Å². The molecule has 0 spiro atoms. The number of fused-ring (bicyclic) bond motifs is 1. The molecule has 0 unspecified atom stereocenters. The van der Waals surface area contributed by atoms with Crippen LogP contribution < -0.4 is 5.32 Å². The van der Waals surface area contributed by atoms with E-state index < -0.39 is 0 Å². The van der Waals surface area contributed by atoms with E-state index in [9.17, 15) is 0 Å². The van der Waals surface area contributed by atoms with Gasteiger partial charge in [-0.15, -0.1) is 0 Å². The van der Waals surface area contributed by atoms with Crippen molar-refractivity contribution < 1.29 is 0 Å². The lowest BCUT2D eigenvalue weighted by Crippen LogP contribution is -1.91. The lowest BCUT2D eigenvalue weighted by molar-refractivity contribution is 1.02. The van der Waals surface area contributed by atoms with E-state index >= 15 is 0 Å². The average Bonchev–Trinajstić information content (AvgIpc) is 2.84. The van der Waals surface area contributed by atoms with Gasteiger partial charge in [-0.2, -0.15) is 0 Å². The maximum atomic E-state index is 4.46. The summed E-state index contributed by atoms with van der Waals surface area (Å²) in [7, 11) is 0. The van der Waals surface area contributed by atoms with E-state index in [-0.39, 0.29) is 0 Å². The zero-order chi connectivity index (χ0) is 7.97. The van der Waals surface area contributed by atoms with Crippen LogP contribution in [0.25, 0.3) is 0 Å². The van der Waals surface area contributed by atoms with Crippen molar-refractivity contribution >= 4 is 5.69 Å². The molecule has 0 atom stereocenters. The monoisotopic (exact) mass is 160 g/mol. The lowest BCUT2D eigenvalue weighted by atomic mass is 10.1. The SMILES string of the molecule is c1nc2c(cc1C1CC1)NCC2. The Balaban J connectivity index is 2.03. The second kappa shape index (κ2) is 2.22. The fraction of sp³-hybridized carbons (Fsp3) is 0.500. The molecular weight excluding hydrogens is 148 g/mol. The first-order chi connectivity index (χ1) is 5.93. The van der Waals surface area contributed by atoms with E-state index in [1.165, 1.54) is 29.8 Å². The van der Waals surface area contributed by atoms with Gasteiger partial charge < -0.3 is 5.32 Å². The number of nitrogens with one attached hydrogen (secondary N) is 1. The Morgan fingerprint density at radius 2 is 2.33 bits per heavy atom. The molecule has 2 heterocycles. The zero-order valence-corrected chi connectivity index (χ0v) is 7.01. The molecule has 1 aromatic rings. The molecule has 0 aromatic carbocycles. The van der Waals surface area contributed by atoms with Crippen LogP contribution in [0.4, 0.5) is 5.69 Å². The second-order valence-electron chi connectivity index (χ2n) is 3.71. The van der Waals surface area contributed by atoms with Crippen molar-refractivity contribution in [1.29, 1.82) is 0 Å². The Morgan fingerprint density at radius 1 is 1.42 bits per heavy atom. The fourth-order valence-electron chi connectivity index (χ4n) is 1.82. The van der Waals surface area contributed by atoms with Crippen molar-refractivity contribution in [1.82, 2.24) is 4.98 Å². The number of hydrogen-bond donors (Lipinski definition) is 1. The second-order valence-corrected chi connectivity index (χ2v) is 3.71. The minimum absolute atomic E-state index is 0.824. The maximum Gasteiger partial charge on any atom is 0.0652 e. The van der Waals surface area contributed by atoms with Gasteiger partial charge in [-0.1, -0.05) is 0 Å². The van der Waals surface area contributed by atoms with Crippen LogP contribution >= 0.6 is 0 Å². The van der Waals surface area contributed by atoms with Crippen molar-refractivity contribution in [2.75, 3.05) is 11.9 Å². The molecule has 2 nitrogen and oxygen atoms in total. The van der Waals surface area contributed by atoms with Gasteiger partial charge in [0.05, 0.1) is 11.4 Å². The van der Waals surface area contributed by atoms with Crippen molar-refractivity contribution in [3.63, 3.8) is 0 Å². The van der Waals surface area contributed by atoms with E-state index in [0.717, 1.165) is 18.9 Å². The smallest absolute Gasteiger partial charge is 0.0652 e. The van der Waals surface area contributed by atoms with Gasteiger partial charge in [0.15, 0.2) is 0 Å². The molecule has 1 aliphatic carbocycles. The number of anilines is 1. The van der Waals surface area contributed by atoms with Gasteiger partial charge in [-0.05, 0) is 30.4 Å². The van der Waals surface area contributed by atoms with E-state index in [0.29, 0.717) is 0 Å². The van der Waals surface area contributed by atoms with Crippen LogP contribution in [0.2, 0.25) is 0 Å². The maximum absolute atomic E-state index is 4.46. The third kappa shape index (κ3) is 0.909. The molecule has 1 N–H and O–H groups in total. The van der Waals surface area contributed by atoms with Gasteiger partial charge in [0, 0.05) is 19.2 Å². The Bertz CT molecular complexity index is 316. The van der Waals surface area contributed by atoms with E-state index in [4.69, 9.17) is 0 Å². The van der Waals surface area contributed by atoms with Gasteiger partial charge in [-0.25, -0.2) is 0 Å². The highest BCUT2D eigenvalue weighted by Crippen LogP contribution is 2.41. The molecule has 0 bridgehead atoms. The van der Waals surface area contributed by atoms with Crippen LogP contribution in [-0.4, -0.2) is 11.5 Å². The predicted octanol–water partition coefficient (Wildman–Crippen LogP) is 1.93. The first-order valence-electron chi connectivity index (χ1n) is 4.66. The molecule has 1 aromatic heterocycles. The van der Waals surface area contributed by atoms with Gasteiger partial charge >= 0.3 is 0 Å². The van der Waals surface area contributed by atoms with Crippen LogP contribution in [0.15, 0.2) is 12.3 Å². The van der Waals surface area contributed by atoms with Crippen LogP contribution in [0, 0.1) is 0 Å². The molecule has 62 valence electrons. The lowest BCUT2D eigenvalue weighted by Gasteiger charge is -2.01. The van der Waals surface area contributed by atoms with Crippen LogP contribution in [0.3, 0.4) is 0 Å². The predicted molar refractivity (Wildman–Crippen MR) is 48.4 cm³/mol. The van der Waals surface area contributed by atoms with Crippen LogP contribution in [0.1, 0.15) is 30.0 Å². The summed E-state index contributed by atoms with van der Waals surface area (Å²) in [4.78, 5) is 4.46. The van der Waals surface area contributed by atoms with Crippen molar-refractivity contribution in [3.05, 3.63) is 23.5 Å². The number of aromatic nitrogens is 1. The summed E-state index contributed by atoms with van der Waals surface area (Å²) in [5, 5.41) is 3.36. The first kappa shape index (κ1) is 6.46. The first-order valence-corrected chi connectivity index (χ1v) is 4.66. The Morgan fingerprint density at radius 3 is 3.17 bits per heavy atom. The van der Waals surface area contributed by atoms with Crippen LogP contribution in [0.5, 0.6) is 0 Å². The average molecular weight is 160 g/mol. The molecule has 1 aliphatic heterocycles. The summed E-state index contributed by atoms with van der Waals surface area (Å²) in [6, 6.07) is 2.28. The van der Waals surface area contributed by atoms with Crippen molar-refractivity contribution in [2.45, 2.75) is 25.2 Å². The fourth-order valence-corrected chi connectivity index (χ4v) is 1.82. The molecule has 0 saturated heterocycles. The molecule has 12 heavy (non-hydrogen) atoms. The molecule has 0 amide bonds. The summed E-state index contributed by atoms with van der Waals surface area (Å²) in [6.45, 7) is 1.07. The van der Waals surface area contributed by atoms with E-state index in [2.05, 4.69) is 22.6 Å². The topological polar surface area (TPSA) is 24.9 Å². The Labute approximate surface area is 72.0 Å². The molecule has 1 saturated carbocycles. The standard InChI is InChI=1S/C10H12N2/c1-2-7(1)8-5-10-9(12-6-8)3-4-11-10/h5-7,11H,1-4H2. The molecule has 0 radical (unpaired) electrons. The molecule has 2 heteroatoms. The summed E-state index contributed by atoms with van der Waals surface area (Å²) >= 11 is 0. The molecule has 3 rings (SSSR count). The van der Waals surface area contributed by atoms with Gasteiger partial charge in [0.2, 0.25) is 0 Å². The highest BCUT2D eigenvalue weighted by Gasteiger charge is 2.25. The summed E-state index contributed by atoms with van der Waals surface area (Å²) in [6.07, 6.45) is 5.88. The third-order valence-corrected chi connectivity index (χ3v) is 2.72. The summed E-state index contributed by atoms with van der Waals surface area (Å²) in [5.41, 5.74) is 3.96.